The number of piperazine rings is 1. The van der Waals surface area contributed by atoms with Crippen LogP contribution >= 0.6 is 0 Å². The maximum absolute atomic E-state index is 13.1. The van der Waals surface area contributed by atoms with Crippen molar-refractivity contribution < 1.29 is 23.1 Å². The van der Waals surface area contributed by atoms with Gasteiger partial charge in [-0.25, -0.2) is 13.2 Å². The summed E-state index contributed by atoms with van der Waals surface area (Å²) < 4.78 is 33.3. The van der Waals surface area contributed by atoms with Gasteiger partial charge in [0.15, 0.2) is 5.60 Å². The molecule has 0 saturated carbocycles. The van der Waals surface area contributed by atoms with Crippen LogP contribution in [0.3, 0.4) is 0 Å². The normalized spacial score (nSPS) is 16.2. The van der Waals surface area contributed by atoms with Gasteiger partial charge in [0.25, 0.3) is 0 Å². The van der Waals surface area contributed by atoms with Crippen molar-refractivity contribution in [2.45, 2.75) is 37.7 Å². The third-order valence-corrected chi connectivity index (χ3v) is 7.45. The first kappa shape index (κ1) is 23.2. The Balaban J connectivity index is 1.62. The number of aryl methyl sites for hydroxylation is 1. The zero-order chi connectivity index (χ0) is 22.6. The first-order valence-electron chi connectivity index (χ1n) is 10.4. The third-order valence-electron chi connectivity index (χ3n) is 5.56. The molecule has 1 N–H and O–H groups in total. The minimum absolute atomic E-state index is 0.197. The van der Waals surface area contributed by atoms with Crippen molar-refractivity contribution in [1.29, 1.82) is 0 Å². The standard InChI is InChI=1S/C23H30N2O5S/c1-18-17-20(9-10-21(18)30-23(2,3)22(26)27)31(28,29)25-15-13-24(14-16-25)12-11-19-7-5-4-6-8-19/h4-10,17H,11-16H2,1-3H3,(H,26,27). The predicted molar refractivity (Wildman–Crippen MR) is 119 cm³/mol. The lowest BCUT2D eigenvalue weighted by Gasteiger charge is -2.34. The number of carbonyl (C=O) groups is 1. The Hall–Kier alpha value is -2.42. The van der Waals surface area contributed by atoms with Crippen molar-refractivity contribution in [2.75, 3.05) is 32.7 Å². The molecule has 2 aromatic carbocycles. The molecule has 1 heterocycles. The quantitative estimate of drug-likeness (QED) is 0.671. The molecule has 7 nitrogen and oxygen atoms in total. The van der Waals surface area contributed by atoms with E-state index in [9.17, 15) is 18.3 Å². The van der Waals surface area contributed by atoms with Crippen molar-refractivity contribution in [1.82, 2.24) is 9.21 Å². The first-order valence-corrected chi connectivity index (χ1v) is 11.8. The topological polar surface area (TPSA) is 87.2 Å². The largest absolute Gasteiger partial charge is 0.478 e. The molecule has 1 aliphatic rings. The lowest BCUT2D eigenvalue weighted by atomic mass is 10.1. The highest BCUT2D eigenvalue weighted by molar-refractivity contribution is 7.89. The summed E-state index contributed by atoms with van der Waals surface area (Å²) in [6.07, 6.45) is 0.945. The van der Waals surface area contributed by atoms with Crippen LogP contribution in [-0.4, -0.2) is 67.0 Å². The van der Waals surface area contributed by atoms with Crippen LogP contribution in [0.2, 0.25) is 0 Å². The number of hydrogen-bond acceptors (Lipinski definition) is 5. The number of hydrogen-bond donors (Lipinski definition) is 1. The van der Waals surface area contributed by atoms with Crippen LogP contribution in [0.25, 0.3) is 0 Å². The highest BCUT2D eigenvalue weighted by Crippen LogP contribution is 2.27. The van der Waals surface area contributed by atoms with Crippen molar-refractivity contribution in [3.8, 4) is 5.75 Å². The van der Waals surface area contributed by atoms with Crippen molar-refractivity contribution in [2.24, 2.45) is 0 Å². The fourth-order valence-electron chi connectivity index (χ4n) is 3.49. The molecule has 168 valence electrons. The minimum atomic E-state index is -3.62. The Bertz CT molecular complexity index is 1010. The fraction of sp³-hybridized carbons (Fsp3) is 0.435. The van der Waals surface area contributed by atoms with Crippen LogP contribution in [0.15, 0.2) is 53.4 Å². The Kier molecular flexibility index (Phi) is 7.03. The highest BCUT2D eigenvalue weighted by Gasteiger charge is 2.31. The summed E-state index contributed by atoms with van der Waals surface area (Å²) in [5.74, 6) is -0.731. The summed E-state index contributed by atoms with van der Waals surface area (Å²) in [4.78, 5) is 13.8. The summed E-state index contributed by atoms with van der Waals surface area (Å²) >= 11 is 0. The summed E-state index contributed by atoms with van der Waals surface area (Å²) in [7, 11) is -3.62. The van der Waals surface area contributed by atoms with Gasteiger partial charge in [-0.15, -0.1) is 0 Å². The summed E-state index contributed by atoms with van der Waals surface area (Å²) in [6, 6.07) is 14.8. The number of carboxylic acid groups (broad SMARTS) is 1. The molecule has 1 aliphatic heterocycles. The van der Waals surface area contributed by atoms with E-state index in [0.29, 0.717) is 37.5 Å². The van der Waals surface area contributed by atoms with Crippen molar-refractivity contribution in [3.63, 3.8) is 0 Å². The molecule has 0 aliphatic carbocycles. The number of nitrogens with zero attached hydrogens (tertiary/aromatic N) is 2. The van der Waals surface area contributed by atoms with Crippen LogP contribution in [-0.2, 0) is 21.2 Å². The van der Waals surface area contributed by atoms with Gasteiger partial charge < -0.3 is 14.7 Å². The van der Waals surface area contributed by atoms with Crippen LogP contribution in [0.1, 0.15) is 25.0 Å². The van der Waals surface area contributed by atoms with Crippen molar-refractivity contribution in [3.05, 3.63) is 59.7 Å². The lowest BCUT2D eigenvalue weighted by Crippen LogP contribution is -2.49. The second-order valence-corrected chi connectivity index (χ2v) is 10.3. The summed E-state index contributed by atoms with van der Waals surface area (Å²) in [6.45, 7) is 7.81. The van der Waals surface area contributed by atoms with Crippen LogP contribution in [0.4, 0.5) is 0 Å². The second-order valence-electron chi connectivity index (χ2n) is 8.33. The molecule has 0 radical (unpaired) electrons. The van der Waals surface area contributed by atoms with Crippen LogP contribution in [0, 0.1) is 6.92 Å². The van der Waals surface area contributed by atoms with Crippen LogP contribution < -0.4 is 4.74 Å². The molecule has 1 saturated heterocycles. The van der Waals surface area contributed by atoms with Crippen LogP contribution in [0.5, 0.6) is 5.75 Å². The molecular weight excluding hydrogens is 416 g/mol. The number of carboxylic acids is 1. The molecule has 0 aromatic heterocycles. The fourth-order valence-corrected chi connectivity index (χ4v) is 5.00. The van der Waals surface area contributed by atoms with Gasteiger partial charge in [-0.3, -0.25) is 0 Å². The van der Waals surface area contributed by atoms with E-state index in [2.05, 4.69) is 17.0 Å². The molecular formula is C23H30N2O5S. The molecule has 0 unspecified atom stereocenters. The zero-order valence-corrected chi connectivity index (χ0v) is 19.1. The Morgan fingerprint density at radius 1 is 1.06 bits per heavy atom. The Morgan fingerprint density at radius 3 is 2.29 bits per heavy atom. The molecule has 2 aromatic rings. The molecule has 0 spiro atoms. The molecule has 31 heavy (non-hydrogen) atoms. The van der Waals surface area contributed by atoms with Gasteiger partial charge in [-0.2, -0.15) is 4.31 Å². The van der Waals surface area contributed by atoms with E-state index >= 15 is 0 Å². The number of aliphatic carboxylic acids is 1. The Morgan fingerprint density at radius 2 is 1.71 bits per heavy atom. The van der Waals surface area contributed by atoms with Gasteiger partial charge in [-0.05, 0) is 56.5 Å². The SMILES string of the molecule is Cc1cc(S(=O)(=O)N2CCN(CCc3ccccc3)CC2)ccc1OC(C)(C)C(=O)O. The van der Waals surface area contributed by atoms with Crippen molar-refractivity contribution >= 4 is 16.0 Å². The summed E-state index contributed by atoms with van der Waals surface area (Å²) in [5, 5.41) is 9.24. The monoisotopic (exact) mass is 446 g/mol. The number of ether oxygens (including phenoxy) is 1. The maximum atomic E-state index is 13.1. The van der Waals surface area contributed by atoms with Gasteiger partial charge in [0, 0.05) is 32.7 Å². The summed E-state index contributed by atoms with van der Waals surface area (Å²) in [5.41, 5.74) is 0.458. The van der Waals surface area contributed by atoms with E-state index in [1.54, 1.807) is 13.0 Å². The van der Waals surface area contributed by atoms with E-state index < -0.39 is 21.6 Å². The zero-order valence-electron chi connectivity index (χ0n) is 18.2. The van der Waals surface area contributed by atoms with Gasteiger partial charge in [0.1, 0.15) is 5.75 Å². The van der Waals surface area contributed by atoms with E-state index in [0.717, 1.165) is 13.0 Å². The molecule has 0 bridgehead atoms. The maximum Gasteiger partial charge on any atom is 0.347 e. The van der Waals surface area contributed by atoms with Gasteiger partial charge in [0.05, 0.1) is 4.90 Å². The minimum Gasteiger partial charge on any atom is -0.478 e. The predicted octanol–water partition coefficient (Wildman–Crippen LogP) is 2.79. The van der Waals surface area contributed by atoms with Gasteiger partial charge in [0.2, 0.25) is 10.0 Å². The first-order chi connectivity index (χ1) is 14.6. The Labute approximate surface area is 184 Å². The second kappa shape index (κ2) is 9.38. The van der Waals surface area contributed by atoms with E-state index in [1.165, 1.54) is 35.8 Å². The lowest BCUT2D eigenvalue weighted by molar-refractivity contribution is -0.152. The molecule has 0 amide bonds. The number of sulfonamides is 1. The number of benzene rings is 2. The average molecular weight is 447 g/mol. The van der Waals surface area contributed by atoms with E-state index in [-0.39, 0.29) is 4.90 Å². The van der Waals surface area contributed by atoms with Gasteiger partial charge >= 0.3 is 5.97 Å². The van der Waals surface area contributed by atoms with E-state index in [1.807, 2.05) is 18.2 Å². The molecule has 3 rings (SSSR count). The third kappa shape index (κ3) is 5.64. The molecule has 1 fully saturated rings. The highest BCUT2D eigenvalue weighted by atomic mass is 32.2. The average Bonchev–Trinajstić information content (AvgIpc) is 2.74. The molecule has 0 atom stereocenters. The number of rotatable bonds is 8. The molecule has 8 heteroatoms. The van der Waals surface area contributed by atoms with Gasteiger partial charge in [-0.1, -0.05) is 30.3 Å². The smallest absolute Gasteiger partial charge is 0.347 e. The van der Waals surface area contributed by atoms with E-state index in [4.69, 9.17) is 4.74 Å².